The molecule has 1 aromatic rings. The maximum Gasteiger partial charge on any atom is 0.228 e. The van der Waals surface area contributed by atoms with Gasteiger partial charge in [-0.2, -0.15) is 0 Å². The number of halogens is 1. The molecule has 1 aromatic carbocycles. The van der Waals surface area contributed by atoms with Gasteiger partial charge in [-0.1, -0.05) is 0 Å². The Balaban J connectivity index is 2.27. The van der Waals surface area contributed by atoms with Gasteiger partial charge in [0.05, 0.1) is 6.42 Å². The van der Waals surface area contributed by atoms with Crippen molar-refractivity contribution in [2.24, 2.45) is 0 Å². The summed E-state index contributed by atoms with van der Waals surface area (Å²) in [6.45, 7) is 0. The third kappa shape index (κ3) is 2.02. The fraction of sp³-hybridized carbons (Fsp3) is 0.273. The molecule has 0 aromatic heterocycles. The molecule has 0 bridgehead atoms. The molecule has 78 valence electrons. The lowest BCUT2D eigenvalue weighted by Gasteiger charge is -2.02. The summed E-state index contributed by atoms with van der Waals surface area (Å²) in [7, 11) is 0. The molecular formula is C11H10ClNO2. The standard InChI is InChI=1S/C11H10ClNO2/c12-4-3-10(14)7-1-2-9-8(5-7)6-11(15)13-9/h1-2,5H,3-4,6H2,(H,13,15). The number of carbonyl (C=O) groups excluding carboxylic acids is 2. The number of ketones is 1. The molecule has 15 heavy (non-hydrogen) atoms. The summed E-state index contributed by atoms with van der Waals surface area (Å²) in [5.74, 6) is 0.326. The van der Waals surface area contributed by atoms with Gasteiger partial charge in [-0.15, -0.1) is 11.6 Å². The molecule has 1 N–H and O–H groups in total. The number of benzene rings is 1. The number of nitrogens with one attached hydrogen (secondary N) is 1. The summed E-state index contributed by atoms with van der Waals surface area (Å²) < 4.78 is 0. The summed E-state index contributed by atoms with van der Waals surface area (Å²) >= 11 is 5.50. The normalized spacial score (nSPS) is 13.5. The number of rotatable bonds is 3. The average Bonchev–Trinajstić information content (AvgIpc) is 2.57. The largest absolute Gasteiger partial charge is 0.326 e. The Morgan fingerprint density at radius 2 is 2.27 bits per heavy atom. The zero-order chi connectivity index (χ0) is 10.8. The molecule has 1 amide bonds. The van der Waals surface area contributed by atoms with Crippen molar-refractivity contribution in [1.29, 1.82) is 0 Å². The Bertz CT molecular complexity index is 429. The fourth-order valence-corrected chi connectivity index (χ4v) is 1.80. The zero-order valence-electron chi connectivity index (χ0n) is 8.05. The first kappa shape index (κ1) is 10.2. The predicted molar refractivity (Wildman–Crippen MR) is 58.4 cm³/mol. The van der Waals surface area contributed by atoms with Crippen molar-refractivity contribution < 1.29 is 9.59 Å². The van der Waals surface area contributed by atoms with E-state index in [9.17, 15) is 9.59 Å². The number of hydrogen-bond donors (Lipinski definition) is 1. The summed E-state index contributed by atoms with van der Waals surface area (Å²) in [4.78, 5) is 22.6. The van der Waals surface area contributed by atoms with Gasteiger partial charge in [0.25, 0.3) is 0 Å². The van der Waals surface area contributed by atoms with E-state index in [1.807, 2.05) is 0 Å². The van der Waals surface area contributed by atoms with Gasteiger partial charge in [0.2, 0.25) is 5.91 Å². The minimum absolute atomic E-state index is 0.0205. The van der Waals surface area contributed by atoms with Gasteiger partial charge in [0.15, 0.2) is 5.78 Å². The van der Waals surface area contributed by atoms with Gasteiger partial charge in [0.1, 0.15) is 0 Å². The number of carbonyl (C=O) groups is 2. The maximum atomic E-state index is 11.5. The number of alkyl halides is 1. The molecule has 0 saturated heterocycles. The van der Waals surface area contributed by atoms with Crippen LogP contribution in [0.3, 0.4) is 0 Å². The Labute approximate surface area is 92.4 Å². The molecule has 0 atom stereocenters. The average molecular weight is 224 g/mol. The predicted octanol–water partition coefficient (Wildman–Crippen LogP) is 1.99. The van der Waals surface area contributed by atoms with Crippen LogP contribution in [-0.2, 0) is 11.2 Å². The third-order valence-corrected chi connectivity index (χ3v) is 2.56. The molecule has 0 radical (unpaired) electrons. The summed E-state index contributed by atoms with van der Waals surface area (Å²) in [6.07, 6.45) is 0.693. The molecule has 3 nitrogen and oxygen atoms in total. The second-order valence-electron chi connectivity index (χ2n) is 3.46. The van der Waals surface area contributed by atoms with Gasteiger partial charge in [-0.3, -0.25) is 9.59 Å². The minimum Gasteiger partial charge on any atom is -0.326 e. The number of amides is 1. The first-order chi connectivity index (χ1) is 7.20. The van der Waals surface area contributed by atoms with Gasteiger partial charge in [-0.25, -0.2) is 0 Å². The highest BCUT2D eigenvalue weighted by Crippen LogP contribution is 2.24. The van der Waals surface area contributed by atoms with Crippen molar-refractivity contribution in [3.8, 4) is 0 Å². The highest BCUT2D eigenvalue weighted by Gasteiger charge is 2.18. The third-order valence-electron chi connectivity index (χ3n) is 2.37. The van der Waals surface area contributed by atoms with Crippen molar-refractivity contribution in [2.45, 2.75) is 12.8 Å². The van der Waals surface area contributed by atoms with Gasteiger partial charge in [-0.05, 0) is 23.8 Å². The lowest BCUT2D eigenvalue weighted by Crippen LogP contribution is -2.03. The summed E-state index contributed by atoms with van der Waals surface area (Å²) in [6, 6.07) is 5.25. The second kappa shape index (κ2) is 4.03. The molecule has 0 spiro atoms. The smallest absolute Gasteiger partial charge is 0.228 e. The first-order valence-electron chi connectivity index (χ1n) is 4.72. The fourth-order valence-electron chi connectivity index (χ4n) is 1.63. The van der Waals surface area contributed by atoms with E-state index < -0.39 is 0 Å². The van der Waals surface area contributed by atoms with Crippen molar-refractivity contribution in [3.05, 3.63) is 29.3 Å². The molecule has 0 unspecified atom stereocenters. The monoisotopic (exact) mass is 223 g/mol. The van der Waals surface area contributed by atoms with E-state index in [0.29, 0.717) is 24.3 Å². The van der Waals surface area contributed by atoms with Crippen molar-refractivity contribution in [2.75, 3.05) is 11.2 Å². The number of Topliss-reactive ketones (excluding diaryl/α,β-unsaturated/α-hetero) is 1. The van der Waals surface area contributed by atoms with Gasteiger partial charge in [0, 0.05) is 23.6 Å². The first-order valence-corrected chi connectivity index (χ1v) is 5.26. The Morgan fingerprint density at radius 3 is 3.00 bits per heavy atom. The van der Waals surface area contributed by atoms with Crippen LogP contribution in [0.1, 0.15) is 22.3 Å². The molecule has 1 heterocycles. The van der Waals surface area contributed by atoms with Gasteiger partial charge >= 0.3 is 0 Å². The van der Waals surface area contributed by atoms with Gasteiger partial charge < -0.3 is 5.32 Å². The van der Waals surface area contributed by atoms with Crippen molar-refractivity contribution in [3.63, 3.8) is 0 Å². The minimum atomic E-state index is -0.0213. The highest BCUT2D eigenvalue weighted by molar-refractivity contribution is 6.19. The Kier molecular flexibility index (Phi) is 2.73. The Morgan fingerprint density at radius 1 is 1.47 bits per heavy atom. The number of anilines is 1. The second-order valence-corrected chi connectivity index (χ2v) is 3.84. The molecule has 0 aliphatic carbocycles. The summed E-state index contributed by atoms with van der Waals surface area (Å²) in [5, 5.41) is 2.72. The van der Waals surface area contributed by atoms with Crippen molar-refractivity contribution in [1.82, 2.24) is 0 Å². The quantitative estimate of drug-likeness (QED) is 0.629. The molecule has 0 saturated carbocycles. The molecule has 1 aliphatic rings. The van der Waals surface area contributed by atoms with E-state index in [4.69, 9.17) is 11.6 Å². The SMILES string of the molecule is O=C1Cc2cc(C(=O)CCCl)ccc2N1. The van der Waals surface area contributed by atoms with Crippen LogP contribution in [-0.4, -0.2) is 17.6 Å². The van der Waals surface area contributed by atoms with E-state index in [0.717, 1.165) is 11.3 Å². The van der Waals surface area contributed by atoms with Crippen molar-refractivity contribution >= 4 is 29.0 Å². The van der Waals surface area contributed by atoms with E-state index in [1.54, 1.807) is 18.2 Å². The van der Waals surface area contributed by atoms with Crippen LogP contribution in [0, 0.1) is 0 Å². The van der Waals surface area contributed by atoms with E-state index in [2.05, 4.69) is 5.32 Å². The Hall–Kier alpha value is -1.35. The molecule has 2 rings (SSSR count). The van der Waals surface area contributed by atoms with Crippen LogP contribution < -0.4 is 5.32 Å². The van der Waals surface area contributed by atoms with Crippen LogP contribution in [0.4, 0.5) is 5.69 Å². The zero-order valence-corrected chi connectivity index (χ0v) is 8.80. The molecule has 4 heteroatoms. The molecule has 0 fully saturated rings. The van der Waals surface area contributed by atoms with Crippen LogP contribution in [0.2, 0.25) is 0 Å². The summed E-state index contributed by atoms with van der Waals surface area (Å²) in [5.41, 5.74) is 2.33. The number of hydrogen-bond acceptors (Lipinski definition) is 2. The molecule has 1 aliphatic heterocycles. The topological polar surface area (TPSA) is 46.2 Å². The lowest BCUT2D eigenvalue weighted by molar-refractivity contribution is -0.115. The van der Waals surface area contributed by atoms with E-state index in [-0.39, 0.29) is 11.7 Å². The van der Waals surface area contributed by atoms with Crippen LogP contribution >= 0.6 is 11.6 Å². The van der Waals surface area contributed by atoms with Crippen LogP contribution in [0.15, 0.2) is 18.2 Å². The number of fused-ring (bicyclic) bond motifs is 1. The maximum absolute atomic E-state index is 11.5. The lowest BCUT2D eigenvalue weighted by atomic mass is 10.0. The van der Waals surface area contributed by atoms with E-state index >= 15 is 0 Å². The van der Waals surface area contributed by atoms with Crippen LogP contribution in [0.25, 0.3) is 0 Å². The van der Waals surface area contributed by atoms with Crippen LogP contribution in [0.5, 0.6) is 0 Å². The van der Waals surface area contributed by atoms with E-state index in [1.165, 1.54) is 0 Å². The molecular weight excluding hydrogens is 214 g/mol. The highest BCUT2D eigenvalue weighted by atomic mass is 35.5.